The molecule has 0 radical (unpaired) electrons. The molecular formula is C90H99F4N13O15. The van der Waals surface area contributed by atoms with Crippen LogP contribution in [0.4, 0.5) is 23.2 Å². The first-order chi connectivity index (χ1) is 58.7. The van der Waals surface area contributed by atoms with Crippen molar-refractivity contribution < 1.29 is 69.7 Å². The molecule has 0 atom stereocenters. The van der Waals surface area contributed by atoms with E-state index in [0.29, 0.717) is 125 Å². The van der Waals surface area contributed by atoms with E-state index in [-0.39, 0.29) is 39.9 Å². The second-order valence-corrected chi connectivity index (χ2v) is 27.6. The predicted octanol–water partition coefficient (Wildman–Crippen LogP) is 14.7. The Bertz CT molecular complexity index is 5830. The summed E-state index contributed by atoms with van der Waals surface area (Å²) >= 11 is 0. The number of anilines is 1. The van der Waals surface area contributed by atoms with Crippen molar-refractivity contribution in [1.29, 1.82) is 0 Å². The highest BCUT2D eigenvalue weighted by atomic mass is 19.4. The van der Waals surface area contributed by atoms with Crippen LogP contribution in [0.2, 0.25) is 0 Å². The molecule has 13 rings (SSSR count). The van der Waals surface area contributed by atoms with Crippen LogP contribution < -0.4 is 60.7 Å². The van der Waals surface area contributed by atoms with E-state index < -0.39 is 6.36 Å². The Labute approximate surface area is 702 Å². The number of ether oxygens (including phenoxy) is 11. The number of benzene rings is 5. The van der Waals surface area contributed by atoms with Crippen molar-refractivity contribution in [2.75, 3.05) is 92.2 Å². The van der Waals surface area contributed by atoms with Crippen LogP contribution in [0.1, 0.15) is 57.0 Å². The van der Waals surface area contributed by atoms with E-state index in [1.54, 1.807) is 129 Å². The first kappa shape index (κ1) is 90.9. The topological polar surface area (TPSA) is 281 Å². The monoisotopic (exact) mass is 1680 g/mol. The normalized spacial score (nSPS) is 11.1. The summed E-state index contributed by atoms with van der Waals surface area (Å²) in [7, 11) is 8.68. The van der Waals surface area contributed by atoms with Gasteiger partial charge in [-0.3, -0.25) is 51.5 Å². The van der Waals surface area contributed by atoms with Crippen LogP contribution in [-0.2, 0) is 46.6 Å². The van der Waals surface area contributed by atoms with Crippen LogP contribution in [0.5, 0.6) is 40.2 Å². The Balaban J connectivity index is 0.000000171. The zero-order valence-electron chi connectivity index (χ0n) is 70.2. The van der Waals surface area contributed by atoms with E-state index in [1.807, 2.05) is 136 Å². The number of aryl methyl sites for hydroxylation is 6. The standard InChI is InChI=1S/C23H24FNO4.C23H29N3O5.C23H29N3O4.C21H17F3N6O2/c1-4-28-19-9-10-21(16(2)13-19)25-15-20(17-5-7-18(24)8-6-17)22(14-23(25)26)29-12-11-27-3;1-5-30-19-6-7-21(17(2)12-19)26-16-20(18-14-24-25(3)15-18)22(13-23(26)27)31-11-10-29-9-8-28-4;1-6-28-19-7-8-21(17(4)11-19)26-15-20(18-13-24-25(5)14-18)22(12-23(26)27)30-10-9-29-16(2)3;1-29-12-14(10-27-29)18-13-30(16-4-6-17(7-5-16)32-21(22,23)24)20(31)9-19(18)25-11-15-3-2-8-26-28-15/h5-10,13-15H,4,11-12H2,1-3H3;6-7,12-16H,5,8-11H2,1-4H3;7-8,11-16H,6,9-10H2,1-5H3;2-10,12-13,25H,11H2,1H3. The summed E-state index contributed by atoms with van der Waals surface area (Å²) in [6.07, 6.45) is 14.6. The molecule has 0 amide bonds. The molecule has 5 aromatic carbocycles. The average molecular weight is 1680 g/mol. The molecule has 0 bridgehead atoms. The van der Waals surface area contributed by atoms with E-state index in [2.05, 4.69) is 35.5 Å². The molecule has 0 aliphatic heterocycles. The molecule has 0 aliphatic carbocycles. The lowest BCUT2D eigenvalue weighted by Gasteiger charge is -2.16. The van der Waals surface area contributed by atoms with Crippen molar-refractivity contribution in [3.8, 4) is 108 Å². The van der Waals surface area contributed by atoms with Crippen LogP contribution in [-0.4, -0.2) is 157 Å². The number of pyridine rings is 4. The number of halogens is 4. The molecule has 0 saturated carbocycles. The van der Waals surface area contributed by atoms with E-state index in [1.165, 1.54) is 53.1 Å². The van der Waals surface area contributed by atoms with Gasteiger partial charge in [0.25, 0.3) is 22.2 Å². The molecule has 8 aromatic heterocycles. The summed E-state index contributed by atoms with van der Waals surface area (Å²) in [5.74, 6) is 3.05. The second kappa shape index (κ2) is 44.0. The highest BCUT2D eigenvalue weighted by molar-refractivity contribution is 5.77. The minimum atomic E-state index is -4.79. The van der Waals surface area contributed by atoms with Gasteiger partial charge in [-0.2, -0.15) is 25.5 Å². The van der Waals surface area contributed by atoms with E-state index in [0.717, 1.165) is 96.5 Å². The summed E-state index contributed by atoms with van der Waals surface area (Å²) in [4.78, 5) is 51.5. The van der Waals surface area contributed by atoms with Crippen LogP contribution in [0.25, 0.3) is 67.3 Å². The summed E-state index contributed by atoms with van der Waals surface area (Å²) in [5, 5.41) is 23.7. The van der Waals surface area contributed by atoms with Gasteiger partial charge < -0.3 is 57.4 Å². The van der Waals surface area contributed by atoms with Crippen LogP contribution >= 0.6 is 0 Å². The third-order valence-electron chi connectivity index (χ3n) is 18.2. The SMILES string of the molecule is CCOc1ccc(-n2cc(-c3ccc(F)cc3)c(OCCOC)cc2=O)c(C)c1.CCOc1ccc(-n2cc(-c3cnn(C)c3)c(OCCOC(C)C)cc2=O)c(C)c1.CCOc1ccc(-n2cc(-c3cnn(C)c3)c(OCCOCCOC)cc2=O)c(C)c1.Cn1cc(-c2cn(-c3ccc(OC(F)(F)F)cc3)c(=O)cc2NCc2cccnn2)cn1. The largest absolute Gasteiger partial charge is 0.573 e. The van der Waals surface area contributed by atoms with Gasteiger partial charge in [0.2, 0.25) is 0 Å². The van der Waals surface area contributed by atoms with Crippen molar-refractivity contribution in [2.24, 2.45) is 21.1 Å². The number of nitrogens with zero attached hydrogens (tertiary/aromatic N) is 12. The second-order valence-electron chi connectivity index (χ2n) is 27.6. The van der Waals surface area contributed by atoms with Gasteiger partial charge in [0.1, 0.15) is 65.9 Å². The smallest absolute Gasteiger partial charge is 0.494 e. The lowest BCUT2D eigenvalue weighted by molar-refractivity contribution is -0.274. The maximum atomic E-state index is 13.4. The Morgan fingerprint density at radius 2 is 0.836 bits per heavy atom. The van der Waals surface area contributed by atoms with Gasteiger partial charge in [-0.25, -0.2) is 4.39 Å². The number of aromatic nitrogens is 12. The molecule has 32 heteroatoms. The first-order valence-electron chi connectivity index (χ1n) is 39.2. The van der Waals surface area contributed by atoms with Gasteiger partial charge in [0, 0.05) is 160 Å². The number of hydrogen-bond donors (Lipinski definition) is 1. The van der Waals surface area contributed by atoms with Crippen molar-refractivity contribution in [3.63, 3.8) is 0 Å². The minimum absolute atomic E-state index is 0.127. The molecule has 0 spiro atoms. The molecule has 0 fully saturated rings. The number of rotatable bonds is 34. The summed E-state index contributed by atoms with van der Waals surface area (Å²) in [5.41, 5.74) is 11.9. The summed E-state index contributed by atoms with van der Waals surface area (Å²) in [6.45, 7) is 20.9. The van der Waals surface area contributed by atoms with Gasteiger partial charge in [0.05, 0.1) is 107 Å². The molecule has 642 valence electrons. The Morgan fingerprint density at radius 1 is 0.434 bits per heavy atom. The average Bonchev–Trinajstić information content (AvgIpc) is 1.14. The van der Waals surface area contributed by atoms with Crippen molar-refractivity contribution >= 4 is 5.69 Å². The molecule has 0 saturated heterocycles. The van der Waals surface area contributed by atoms with Crippen LogP contribution in [0.15, 0.2) is 227 Å². The molecular weight excluding hydrogens is 1580 g/mol. The zero-order valence-corrected chi connectivity index (χ0v) is 70.2. The van der Waals surface area contributed by atoms with Gasteiger partial charge in [-0.15, -0.1) is 13.2 Å². The molecule has 28 nitrogen and oxygen atoms in total. The van der Waals surface area contributed by atoms with Crippen molar-refractivity contribution in [3.05, 3.63) is 277 Å². The Morgan fingerprint density at radius 3 is 1.24 bits per heavy atom. The number of hydrogen-bond acceptors (Lipinski definition) is 21. The van der Waals surface area contributed by atoms with Crippen LogP contribution in [0, 0.1) is 26.6 Å². The van der Waals surface area contributed by atoms with E-state index in [9.17, 15) is 36.7 Å². The van der Waals surface area contributed by atoms with E-state index >= 15 is 0 Å². The quantitative estimate of drug-likeness (QED) is 0.0290. The summed E-state index contributed by atoms with van der Waals surface area (Å²) in [6, 6.07) is 37.5. The molecule has 13 aromatic rings. The fourth-order valence-electron chi connectivity index (χ4n) is 12.6. The molecule has 0 aliphatic rings. The maximum Gasteiger partial charge on any atom is 0.573 e. The molecule has 122 heavy (non-hydrogen) atoms. The fourth-order valence-corrected chi connectivity index (χ4v) is 12.6. The highest BCUT2D eigenvalue weighted by Crippen LogP contribution is 2.36. The third kappa shape index (κ3) is 25.6. The lowest BCUT2D eigenvalue weighted by Crippen LogP contribution is -2.19. The fraction of sp³-hybridized carbons (Fsp3) is 0.300. The van der Waals surface area contributed by atoms with E-state index in [4.69, 9.17) is 47.4 Å². The van der Waals surface area contributed by atoms with Crippen molar-refractivity contribution in [1.82, 2.24) is 57.8 Å². The van der Waals surface area contributed by atoms with Crippen LogP contribution in [0.3, 0.4) is 0 Å². The lowest BCUT2D eigenvalue weighted by atomic mass is 10.1. The number of nitrogens with one attached hydrogen (secondary N) is 1. The van der Waals surface area contributed by atoms with Crippen molar-refractivity contribution in [2.45, 2.75) is 74.4 Å². The predicted molar refractivity (Wildman–Crippen MR) is 456 cm³/mol. The van der Waals surface area contributed by atoms with Gasteiger partial charge in [-0.05, 0) is 181 Å². The highest BCUT2D eigenvalue weighted by Gasteiger charge is 2.31. The molecule has 1 N–H and O–H groups in total. The number of methoxy groups -OCH3 is 2. The van der Waals surface area contributed by atoms with Gasteiger partial charge in [-0.1, -0.05) is 12.1 Å². The van der Waals surface area contributed by atoms with Gasteiger partial charge in [0.15, 0.2) is 0 Å². The maximum absolute atomic E-state index is 13.4. The third-order valence-corrected chi connectivity index (χ3v) is 18.2. The Hall–Kier alpha value is -13.4. The first-order valence-corrected chi connectivity index (χ1v) is 39.2. The molecule has 8 heterocycles. The van der Waals surface area contributed by atoms with Gasteiger partial charge >= 0.3 is 6.36 Å². The zero-order chi connectivity index (χ0) is 87.4. The Kier molecular flexibility index (Phi) is 32.8. The minimum Gasteiger partial charge on any atom is -0.494 e. The molecule has 0 unspecified atom stereocenters. The number of alkyl halides is 3. The summed E-state index contributed by atoms with van der Waals surface area (Å²) < 4.78 is 121.